The van der Waals surface area contributed by atoms with E-state index < -0.39 is 25.0 Å². The van der Waals surface area contributed by atoms with Crippen LogP contribution in [0.15, 0.2) is 0 Å². The fourth-order valence-electron chi connectivity index (χ4n) is 2.39. The van der Waals surface area contributed by atoms with E-state index in [2.05, 4.69) is 58.9 Å². The maximum absolute atomic E-state index is 12.0. The third kappa shape index (κ3) is 8.59. The second-order valence-corrected chi connectivity index (χ2v) is 22.6. The Bertz CT molecular complexity index is 409. The molecule has 0 aromatic heterocycles. The van der Waals surface area contributed by atoms with Gasteiger partial charge in [0.2, 0.25) is 0 Å². The average Bonchev–Trinajstić information content (AvgIpc) is 2.25. The summed E-state index contributed by atoms with van der Waals surface area (Å²) in [5.41, 5.74) is 0. The van der Waals surface area contributed by atoms with Crippen molar-refractivity contribution < 1.29 is 22.8 Å². The molecule has 0 spiro atoms. The molecule has 1 rings (SSSR count). The summed E-state index contributed by atoms with van der Waals surface area (Å²) in [5.74, 6) is -0.215. The lowest BCUT2D eigenvalue weighted by molar-refractivity contribution is -0.177. The van der Waals surface area contributed by atoms with E-state index in [9.17, 15) is 4.79 Å². The Morgan fingerprint density at radius 3 is 1.87 bits per heavy atom. The summed E-state index contributed by atoms with van der Waals surface area (Å²) in [7, 11) is -5.27. The van der Waals surface area contributed by atoms with Crippen LogP contribution in [-0.4, -0.2) is 55.8 Å². The second-order valence-electron chi connectivity index (χ2n) is 9.12. The summed E-state index contributed by atoms with van der Waals surface area (Å²) in [5, 5.41) is 0. The van der Waals surface area contributed by atoms with Crippen LogP contribution in [0.5, 0.6) is 0 Å². The molecular formula is C15H34O5Si3. The van der Waals surface area contributed by atoms with Gasteiger partial charge in [0.25, 0.3) is 0 Å². The van der Waals surface area contributed by atoms with E-state index in [4.69, 9.17) is 18.0 Å². The number of carbonyl (C=O) groups is 1. The molecular weight excluding hydrogens is 344 g/mol. The predicted octanol–water partition coefficient (Wildman–Crippen LogP) is 3.59. The molecule has 1 heterocycles. The minimum absolute atomic E-state index is 0.215. The Balaban J connectivity index is 2.95. The molecule has 0 unspecified atom stereocenters. The molecule has 1 aliphatic heterocycles. The van der Waals surface area contributed by atoms with Crippen molar-refractivity contribution in [3.63, 3.8) is 0 Å². The van der Waals surface area contributed by atoms with Crippen molar-refractivity contribution in [2.24, 2.45) is 0 Å². The summed E-state index contributed by atoms with van der Waals surface area (Å²) in [6.45, 7) is 19.6. The van der Waals surface area contributed by atoms with Gasteiger partial charge < -0.3 is 18.0 Å². The molecule has 0 saturated carbocycles. The normalized spacial score (nSPS) is 27.0. The lowest BCUT2D eigenvalue weighted by Gasteiger charge is -2.42. The SMILES string of the molecule is C[Si](C)(C)OC[C@H]1OC(=O)C[C@@H](O[Si](C)(C)C)[C@@H]1O[Si](C)(C)C. The molecule has 23 heavy (non-hydrogen) atoms. The van der Waals surface area contributed by atoms with Gasteiger partial charge in [-0.2, -0.15) is 0 Å². The van der Waals surface area contributed by atoms with Crippen LogP contribution in [0, 0.1) is 0 Å². The van der Waals surface area contributed by atoms with Gasteiger partial charge in [0, 0.05) is 0 Å². The highest BCUT2D eigenvalue weighted by atomic mass is 28.4. The number of hydrogen-bond donors (Lipinski definition) is 0. The van der Waals surface area contributed by atoms with Gasteiger partial charge in [0.05, 0.1) is 19.1 Å². The molecule has 0 aliphatic carbocycles. The van der Waals surface area contributed by atoms with Crippen LogP contribution in [0.3, 0.4) is 0 Å². The van der Waals surface area contributed by atoms with Crippen molar-refractivity contribution >= 4 is 30.9 Å². The van der Waals surface area contributed by atoms with E-state index in [1.54, 1.807) is 0 Å². The van der Waals surface area contributed by atoms with Crippen molar-refractivity contribution in [2.75, 3.05) is 6.61 Å². The van der Waals surface area contributed by atoms with Crippen LogP contribution in [0.4, 0.5) is 0 Å². The van der Waals surface area contributed by atoms with Gasteiger partial charge in [-0.1, -0.05) is 0 Å². The van der Waals surface area contributed by atoms with E-state index in [1.165, 1.54) is 0 Å². The summed E-state index contributed by atoms with van der Waals surface area (Å²) in [4.78, 5) is 12.0. The summed E-state index contributed by atoms with van der Waals surface area (Å²) < 4.78 is 24.2. The highest BCUT2D eigenvalue weighted by Gasteiger charge is 2.44. The highest BCUT2D eigenvalue weighted by molar-refractivity contribution is 6.70. The monoisotopic (exact) mass is 378 g/mol. The molecule has 1 fully saturated rings. The third-order valence-electron chi connectivity index (χ3n) is 3.06. The van der Waals surface area contributed by atoms with Crippen molar-refractivity contribution in [3.8, 4) is 0 Å². The zero-order valence-electron chi connectivity index (χ0n) is 16.2. The Kier molecular flexibility index (Phi) is 6.85. The Hall–Kier alpha value is 0.000649. The lowest BCUT2D eigenvalue weighted by Crippen LogP contribution is -2.57. The highest BCUT2D eigenvalue weighted by Crippen LogP contribution is 2.28. The fourth-order valence-corrected chi connectivity index (χ4v) is 5.30. The second kappa shape index (κ2) is 7.49. The molecule has 0 bridgehead atoms. The van der Waals surface area contributed by atoms with E-state index in [-0.39, 0.29) is 30.7 Å². The van der Waals surface area contributed by atoms with Crippen LogP contribution in [0.25, 0.3) is 0 Å². The largest absolute Gasteiger partial charge is 0.457 e. The van der Waals surface area contributed by atoms with E-state index in [1.807, 2.05) is 0 Å². The molecule has 0 amide bonds. The molecule has 0 radical (unpaired) electrons. The first-order valence-electron chi connectivity index (χ1n) is 8.35. The van der Waals surface area contributed by atoms with Gasteiger partial charge in [-0.15, -0.1) is 0 Å². The van der Waals surface area contributed by atoms with Crippen LogP contribution in [-0.2, 0) is 22.8 Å². The van der Waals surface area contributed by atoms with Crippen molar-refractivity contribution in [1.29, 1.82) is 0 Å². The standard InChI is InChI=1S/C15H34O5Si3/c1-21(2,3)17-11-13-15(20-23(7,8)9)12(10-14(16)18-13)19-22(4,5)6/h12-13,15H,10-11H2,1-9H3/t12-,13-,15+/m1/s1. The topological polar surface area (TPSA) is 54.0 Å². The summed E-state index contributed by atoms with van der Waals surface area (Å²) in [6.07, 6.45) is -0.577. The molecule has 0 aromatic carbocycles. The molecule has 1 aliphatic rings. The Morgan fingerprint density at radius 2 is 1.43 bits per heavy atom. The first-order chi connectivity index (χ1) is 10.2. The van der Waals surface area contributed by atoms with Gasteiger partial charge in [-0.25, -0.2) is 0 Å². The van der Waals surface area contributed by atoms with Gasteiger partial charge in [0.15, 0.2) is 31.1 Å². The maximum Gasteiger partial charge on any atom is 0.308 e. The average molecular weight is 379 g/mol. The zero-order valence-corrected chi connectivity index (χ0v) is 19.2. The van der Waals surface area contributed by atoms with E-state index in [0.29, 0.717) is 6.61 Å². The molecule has 0 aromatic rings. The number of carbonyl (C=O) groups excluding carboxylic acids is 1. The number of rotatable bonds is 7. The third-order valence-corrected chi connectivity index (χ3v) is 6.08. The Labute approximate surface area is 144 Å². The van der Waals surface area contributed by atoms with Gasteiger partial charge in [0.1, 0.15) is 6.10 Å². The quantitative estimate of drug-likeness (QED) is 0.500. The summed E-state index contributed by atoms with van der Waals surface area (Å²) in [6, 6.07) is 0. The first kappa shape index (κ1) is 21.0. The number of cyclic esters (lactones) is 1. The smallest absolute Gasteiger partial charge is 0.308 e. The van der Waals surface area contributed by atoms with Crippen molar-refractivity contribution in [1.82, 2.24) is 0 Å². The minimum atomic E-state index is -1.80. The van der Waals surface area contributed by atoms with Crippen LogP contribution in [0.1, 0.15) is 6.42 Å². The van der Waals surface area contributed by atoms with E-state index in [0.717, 1.165) is 0 Å². The first-order valence-corrected chi connectivity index (χ1v) is 18.6. The van der Waals surface area contributed by atoms with Crippen LogP contribution >= 0.6 is 0 Å². The zero-order chi connectivity index (χ0) is 18.1. The lowest BCUT2D eigenvalue weighted by atomic mass is 10.0. The molecule has 8 heteroatoms. The predicted molar refractivity (Wildman–Crippen MR) is 100 cm³/mol. The molecule has 1 saturated heterocycles. The van der Waals surface area contributed by atoms with Gasteiger partial charge in [-0.05, 0) is 58.9 Å². The summed E-state index contributed by atoms with van der Waals surface area (Å²) >= 11 is 0. The minimum Gasteiger partial charge on any atom is -0.457 e. The molecule has 5 nitrogen and oxygen atoms in total. The molecule has 0 N–H and O–H groups in total. The molecule has 3 atom stereocenters. The van der Waals surface area contributed by atoms with Crippen LogP contribution in [0.2, 0.25) is 58.9 Å². The fraction of sp³-hybridized carbons (Fsp3) is 0.933. The van der Waals surface area contributed by atoms with Gasteiger partial charge >= 0.3 is 5.97 Å². The maximum atomic E-state index is 12.0. The van der Waals surface area contributed by atoms with Gasteiger partial charge in [-0.3, -0.25) is 4.79 Å². The van der Waals surface area contributed by atoms with Crippen molar-refractivity contribution in [2.45, 2.75) is 83.7 Å². The number of ether oxygens (including phenoxy) is 1. The Morgan fingerprint density at radius 1 is 0.913 bits per heavy atom. The van der Waals surface area contributed by atoms with Crippen molar-refractivity contribution in [3.05, 3.63) is 0 Å². The number of hydrogen-bond acceptors (Lipinski definition) is 5. The molecule has 136 valence electrons. The van der Waals surface area contributed by atoms with Crippen LogP contribution < -0.4 is 0 Å². The number of esters is 1. The van der Waals surface area contributed by atoms with E-state index >= 15 is 0 Å².